The van der Waals surface area contributed by atoms with Gasteiger partial charge < -0.3 is 21.9 Å². The molecule has 6 N–H and O–H groups in total. The molecule has 20 heavy (non-hydrogen) atoms. The Morgan fingerprint density at radius 2 is 1.85 bits per heavy atom. The first kappa shape index (κ1) is 15.6. The molecule has 0 unspecified atom stereocenters. The van der Waals surface area contributed by atoms with Gasteiger partial charge in [0.05, 0.1) is 5.56 Å². The van der Waals surface area contributed by atoms with Crippen molar-refractivity contribution in [2.45, 2.75) is 18.9 Å². The molecule has 7 nitrogen and oxygen atoms in total. The Balaban J connectivity index is 2.38. The molecule has 0 bridgehead atoms. The van der Waals surface area contributed by atoms with Gasteiger partial charge in [-0.15, -0.1) is 0 Å². The number of hydrogen-bond acceptors (Lipinski definition) is 5. The number of carbonyl (C=O) groups is 2. The number of aliphatic imine (C=N–C) groups is 1. The molecule has 0 heterocycles. The predicted molar refractivity (Wildman–Crippen MR) is 74.8 cm³/mol. The van der Waals surface area contributed by atoms with Crippen LogP contribution in [0.5, 0.6) is 0 Å². The monoisotopic (exact) mass is 278 g/mol. The third kappa shape index (κ3) is 5.49. The molecule has 0 amide bonds. The second-order valence-electron chi connectivity index (χ2n) is 4.13. The molecule has 0 fully saturated rings. The average molecular weight is 278 g/mol. The van der Waals surface area contributed by atoms with Crippen LogP contribution in [0.1, 0.15) is 23.2 Å². The van der Waals surface area contributed by atoms with Crippen LogP contribution in [0.2, 0.25) is 0 Å². The predicted octanol–water partition coefficient (Wildman–Crippen LogP) is -0.249. The normalized spacial score (nSPS) is 11.4. The number of esters is 2. The fourth-order valence-corrected chi connectivity index (χ4v) is 1.44. The summed E-state index contributed by atoms with van der Waals surface area (Å²) in [5.41, 5.74) is 16.2. The number of nitrogens with two attached hydrogens (primary N) is 3. The number of hydrogen-bond donors (Lipinski definition) is 3. The molecule has 0 aliphatic carbocycles. The van der Waals surface area contributed by atoms with E-state index in [-0.39, 0.29) is 5.96 Å². The van der Waals surface area contributed by atoms with Crippen molar-refractivity contribution in [3.05, 3.63) is 35.9 Å². The van der Waals surface area contributed by atoms with Crippen molar-refractivity contribution >= 4 is 17.9 Å². The Bertz CT molecular complexity index is 484. The second-order valence-corrected chi connectivity index (χ2v) is 4.13. The molecular weight excluding hydrogens is 260 g/mol. The smallest absolute Gasteiger partial charge is 0.345 e. The van der Waals surface area contributed by atoms with Gasteiger partial charge in [0.1, 0.15) is 6.04 Å². The summed E-state index contributed by atoms with van der Waals surface area (Å²) in [5.74, 6) is -1.49. The maximum Gasteiger partial charge on any atom is 0.345 e. The van der Waals surface area contributed by atoms with Crippen molar-refractivity contribution in [1.29, 1.82) is 0 Å². The summed E-state index contributed by atoms with van der Waals surface area (Å²) >= 11 is 0. The molecule has 0 spiro atoms. The van der Waals surface area contributed by atoms with Gasteiger partial charge >= 0.3 is 11.9 Å². The molecule has 7 heteroatoms. The molecule has 0 radical (unpaired) electrons. The molecule has 1 rings (SSSR count). The first-order valence-corrected chi connectivity index (χ1v) is 6.12. The van der Waals surface area contributed by atoms with E-state index in [1.807, 2.05) is 0 Å². The van der Waals surface area contributed by atoms with Gasteiger partial charge in [0.25, 0.3) is 0 Å². The highest BCUT2D eigenvalue weighted by molar-refractivity contribution is 5.97. The van der Waals surface area contributed by atoms with E-state index in [1.165, 1.54) is 0 Å². The van der Waals surface area contributed by atoms with Crippen LogP contribution in [0, 0.1) is 0 Å². The van der Waals surface area contributed by atoms with E-state index >= 15 is 0 Å². The molecular formula is C13H18N4O3. The highest BCUT2D eigenvalue weighted by Gasteiger charge is 2.19. The second kappa shape index (κ2) is 7.90. The van der Waals surface area contributed by atoms with Gasteiger partial charge in [0, 0.05) is 6.54 Å². The Kier molecular flexibility index (Phi) is 6.18. The van der Waals surface area contributed by atoms with Crippen molar-refractivity contribution < 1.29 is 14.3 Å². The van der Waals surface area contributed by atoms with E-state index in [9.17, 15) is 9.59 Å². The average Bonchev–Trinajstić information content (AvgIpc) is 2.44. The van der Waals surface area contributed by atoms with E-state index in [0.29, 0.717) is 24.9 Å². The van der Waals surface area contributed by atoms with Crippen LogP contribution >= 0.6 is 0 Å². The minimum absolute atomic E-state index is 0.0135. The van der Waals surface area contributed by atoms with Gasteiger partial charge in [0.15, 0.2) is 5.96 Å². The summed E-state index contributed by atoms with van der Waals surface area (Å²) in [6.45, 7) is 0.371. The lowest BCUT2D eigenvalue weighted by atomic mass is 10.1. The van der Waals surface area contributed by atoms with Crippen molar-refractivity contribution in [3.63, 3.8) is 0 Å². The van der Waals surface area contributed by atoms with Crippen molar-refractivity contribution in [2.75, 3.05) is 6.54 Å². The van der Waals surface area contributed by atoms with E-state index in [0.717, 1.165) is 0 Å². The maximum absolute atomic E-state index is 11.6. The zero-order chi connectivity index (χ0) is 15.0. The minimum atomic E-state index is -0.878. The summed E-state index contributed by atoms with van der Waals surface area (Å²) in [6, 6.07) is 7.34. The number of nitrogens with zero attached hydrogens (tertiary/aromatic N) is 1. The van der Waals surface area contributed by atoms with Crippen LogP contribution in [-0.2, 0) is 9.53 Å². The molecule has 0 saturated carbocycles. The maximum atomic E-state index is 11.6. The molecule has 0 aliphatic heterocycles. The summed E-state index contributed by atoms with van der Waals surface area (Å²) in [7, 11) is 0. The molecule has 108 valence electrons. The Hall–Kier alpha value is -2.41. The number of rotatable bonds is 6. The number of guanidine groups is 1. The molecule has 0 aromatic heterocycles. The summed E-state index contributed by atoms with van der Waals surface area (Å²) < 4.78 is 4.69. The third-order valence-corrected chi connectivity index (χ3v) is 2.47. The van der Waals surface area contributed by atoms with Crippen LogP contribution in [0.4, 0.5) is 0 Å². The Labute approximate surface area is 116 Å². The lowest BCUT2D eigenvalue weighted by molar-refractivity contribution is -0.139. The van der Waals surface area contributed by atoms with Gasteiger partial charge in [-0.1, -0.05) is 18.2 Å². The third-order valence-electron chi connectivity index (χ3n) is 2.47. The van der Waals surface area contributed by atoms with Crippen molar-refractivity contribution in [1.82, 2.24) is 0 Å². The van der Waals surface area contributed by atoms with E-state index in [1.54, 1.807) is 30.3 Å². The standard InChI is InChI=1S/C13H18N4O3/c14-10(7-4-8-17-13(15)16)12(19)20-11(18)9-5-2-1-3-6-9/h1-3,5-6,10H,4,7-8,14H2,(H4,15,16,17)/t10-/m0/s1. The Morgan fingerprint density at radius 3 is 2.45 bits per heavy atom. The minimum Gasteiger partial charge on any atom is -0.388 e. The highest BCUT2D eigenvalue weighted by atomic mass is 16.6. The van der Waals surface area contributed by atoms with Crippen molar-refractivity contribution in [3.8, 4) is 0 Å². The first-order valence-electron chi connectivity index (χ1n) is 6.12. The zero-order valence-corrected chi connectivity index (χ0v) is 11.0. The van der Waals surface area contributed by atoms with Gasteiger partial charge in [-0.2, -0.15) is 0 Å². The molecule has 1 aromatic carbocycles. The Morgan fingerprint density at radius 1 is 1.20 bits per heavy atom. The van der Waals surface area contributed by atoms with Gasteiger partial charge in [-0.3, -0.25) is 4.99 Å². The van der Waals surface area contributed by atoms with Crippen LogP contribution in [0.3, 0.4) is 0 Å². The lowest BCUT2D eigenvalue weighted by Crippen LogP contribution is -2.34. The van der Waals surface area contributed by atoms with Crippen LogP contribution in [0.25, 0.3) is 0 Å². The van der Waals surface area contributed by atoms with E-state index < -0.39 is 18.0 Å². The fourth-order valence-electron chi connectivity index (χ4n) is 1.44. The summed E-state index contributed by atoms with van der Waals surface area (Å²) in [4.78, 5) is 27.0. The topological polar surface area (TPSA) is 134 Å². The van der Waals surface area contributed by atoms with Crippen molar-refractivity contribution in [2.24, 2.45) is 22.2 Å². The molecule has 0 aliphatic rings. The summed E-state index contributed by atoms with van der Waals surface area (Å²) in [6.07, 6.45) is 0.853. The first-order chi connectivity index (χ1) is 9.50. The van der Waals surface area contributed by atoms with Crippen LogP contribution in [-0.4, -0.2) is 30.5 Å². The fraction of sp³-hybridized carbons (Fsp3) is 0.308. The van der Waals surface area contributed by atoms with E-state index in [2.05, 4.69) is 9.73 Å². The molecule has 1 atom stereocenters. The van der Waals surface area contributed by atoms with Gasteiger partial charge in [-0.05, 0) is 25.0 Å². The number of carbonyl (C=O) groups excluding carboxylic acids is 2. The van der Waals surface area contributed by atoms with Gasteiger partial charge in [0.2, 0.25) is 0 Å². The summed E-state index contributed by atoms with van der Waals surface area (Å²) in [5, 5.41) is 0. The lowest BCUT2D eigenvalue weighted by Gasteiger charge is -2.09. The number of ether oxygens (including phenoxy) is 1. The highest BCUT2D eigenvalue weighted by Crippen LogP contribution is 2.04. The zero-order valence-electron chi connectivity index (χ0n) is 11.0. The van der Waals surface area contributed by atoms with Crippen LogP contribution < -0.4 is 17.2 Å². The molecule has 1 aromatic rings. The van der Waals surface area contributed by atoms with Gasteiger partial charge in [-0.25, -0.2) is 9.59 Å². The SMILES string of the molecule is NC(N)=NCCC[C@H](N)C(=O)OC(=O)c1ccccc1. The van der Waals surface area contributed by atoms with E-state index in [4.69, 9.17) is 17.2 Å². The van der Waals surface area contributed by atoms with Crippen LogP contribution in [0.15, 0.2) is 35.3 Å². The largest absolute Gasteiger partial charge is 0.388 e. The molecule has 0 saturated heterocycles. The quantitative estimate of drug-likeness (QED) is 0.216. The number of benzene rings is 1.